The highest BCUT2D eigenvalue weighted by Gasteiger charge is 2.50. The van der Waals surface area contributed by atoms with Gasteiger partial charge in [0.25, 0.3) is 5.92 Å². The maximum atomic E-state index is 14.0. The Balaban J connectivity index is 2.15. The Bertz CT molecular complexity index is 1040. The van der Waals surface area contributed by atoms with E-state index in [-0.39, 0.29) is 22.7 Å². The highest BCUT2D eigenvalue weighted by Crippen LogP contribution is 2.49. The second-order valence-corrected chi connectivity index (χ2v) is 7.91. The van der Waals surface area contributed by atoms with Gasteiger partial charge < -0.3 is 9.84 Å². The molecule has 3 rings (SSSR count). The molecule has 0 heterocycles. The van der Waals surface area contributed by atoms with Gasteiger partial charge in [0.1, 0.15) is 23.4 Å². The zero-order valence-electron chi connectivity index (χ0n) is 13.3. The van der Waals surface area contributed by atoms with Gasteiger partial charge in [0, 0.05) is 29.9 Å². The SMILES string of the molecule is [C-]#[N+]c1cc(F)cc(Oc2ccc(S(C)(=O)=O)c3c2CC(F)(F)C3O)c1. The molecule has 0 saturated heterocycles. The Kier molecular flexibility index (Phi) is 4.21. The number of hydrogen-bond acceptors (Lipinski definition) is 4. The molecule has 2 aromatic carbocycles. The molecule has 26 heavy (non-hydrogen) atoms. The van der Waals surface area contributed by atoms with Gasteiger partial charge in [0.15, 0.2) is 15.5 Å². The fraction of sp³-hybridized carbons (Fsp3) is 0.235. The van der Waals surface area contributed by atoms with Crippen molar-refractivity contribution < 1.29 is 31.4 Å². The molecule has 9 heteroatoms. The lowest BCUT2D eigenvalue weighted by atomic mass is 10.1. The van der Waals surface area contributed by atoms with Gasteiger partial charge in [-0.15, -0.1) is 0 Å². The third-order valence-electron chi connectivity index (χ3n) is 3.97. The van der Waals surface area contributed by atoms with E-state index in [0.717, 1.165) is 24.5 Å². The molecule has 1 unspecified atom stereocenters. The maximum Gasteiger partial charge on any atom is 0.281 e. The Morgan fingerprint density at radius 2 is 2.00 bits per heavy atom. The monoisotopic (exact) mass is 383 g/mol. The first kappa shape index (κ1) is 18.2. The predicted octanol–water partition coefficient (Wildman–Crippen LogP) is 3.80. The summed E-state index contributed by atoms with van der Waals surface area (Å²) in [6.45, 7) is 6.92. The van der Waals surface area contributed by atoms with Gasteiger partial charge in [0.05, 0.1) is 11.5 Å². The number of aliphatic hydroxyl groups excluding tert-OH is 1. The first-order chi connectivity index (χ1) is 12.0. The van der Waals surface area contributed by atoms with E-state index >= 15 is 0 Å². The average Bonchev–Trinajstić information content (AvgIpc) is 2.77. The summed E-state index contributed by atoms with van der Waals surface area (Å²) in [5.74, 6) is -4.55. The zero-order valence-corrected chi connectivity index (χ0v) is 14.1. The molecule has 5 nitrogen and oxygen atoms in total. The molecule has 0 aromatic heterocycles. The van der Waals surface area contributed by atoms with E-state index in [1.165, 1.54) is 12.1 Å². The highest BCUT2D eigenvalue weighted by molar-refractivity contribution is 7.90. The molecule has 1 aliphatic rings. The van der Waals surface area contributed by atoms with Crippen LogP contribution in [0.25, 0.3) is 4.85 Å². The van der Waals surface area contributed by atoms with Crippen LogP contribution in [0.4, 0.5) is 18.9 Å². The molecule has 0 fully saturated rings. The van der Waals surface area contributed by atoms with Crippen LogP contribution in [-0.4, -0.2) is 25.7 Å². The van der Waals surface area contributed by atoms with Crippen molar-refractivity contribution in [2.45, 2.75) is 23.3 Å². The number of fused-ring (bicyclic) bond motifs is 1. The minimum Gasteiger partial charge on any atom is -0.458 e. The Morgan fingerprint density at radius 3 is 2.62 bits per heavy atom. The maximum absolute atomic E-state index is 14.0. The number of nitrogens with zero attached hydrogens (tertiary/aromatic N) is 1. The largest absolute Gasteiger partial charge is 0.458 e. The van der Waals surface area contributed by atoms with E-state index < -0.39 is 44.6 Å². The second kappa shape index (κ2) is 6.00. The third-order valence-corrected chi connectivity index (χ3v) is 5.13. The molecule has 0 amide bonds. The van der Waals surface area contributed by atoms with Gasteiger partial charge in [-0.1, -0.05) is 0 Å². The molecule has 2 aromatic rings. The summed E-state index contributed by atoms with van der Waals surface area (Å²) in [6.07, 6.45) is -2.37. The fourth-order valence-corrected chi connectivity index (χ4v) is 3.82. The van der Waals surface area contributed by atoms with Crippen molar-refractivity contribution in [3.63, 3.8) is 0 Å². The van der Waals surface area contributed by atoms with E-state index in [9.17, 15) is 26.7 Å². The molecule has 1 atom stereocenters. The summed E-state index contributed by atoms with van der Waals surface area (Å²) in [5, 5.41) is 9.90. The number of hydrogen-bond donors (Lipinski definition) is 1. The molecule has 0 bridgehead atoms. The molecule has 0 radical (unpaired) electrons. The number of aliphatic hydroxyl groups is 1. The summed E-state index contributed by atoms with van der Waals surface area (Å²) < 4.78 is 70.7. The minimum absolute atomic E-state index is 0.0465. The standard InChI is InChI=1S/C17H12F3NO4S/c1-21-10-5-9(18)6-11(7-10)25-13-3-4-14(26(2,23)24)15-12(13)8-17(19,20)16(15)22/h3-7,16,22H,8H2,2H3. The van der Waals surface area contributed by atoms with Crippen molar-refractivity contribution >= 4 is 15.5 Å². The van der Waals surface area contributed by atoms with E-state index in [2.05, 4.69) is 4.85 Å². The van der Waals surface area contributed by atoms with Crippen molar-refractivity contribution in [3.8, 4) is 11.5 Å². The molecule has 136 valence electrons. The van der Waals surface area contributed by atoms with Gasteiger partial charge in [0.2, 0.25) is 0 Å². The van der Waals surface area contributed by atoms with Crippen LogP contribution in [0, 0.1) is 12.4 Å². The van der Waals surface area contributed by atoms with Crippen LogP contribution in [0.3, 0.4) is 0 Å². The number of alkyl halides is 2. The Morgan fingerprint density at radius 1 is 1.31 bits per heavy atom. The number of sulfone groups is 1. The molecule has 1 N–H and O–H groups in total. The van der Waals surface area contributed by atoms with Crippen molar-refractivity contribution in [2.24, 2.45) is 0 Å². The van der Waals surface area contributed by atoms with Gasteiger partial charge >= 0.3 is 0 Å². The predicted molar refractivity (Wildman–Crippen MR) is 85.9 cm³/mol. The molecule has 0 aliphatic heterocycles. The summed E-state index contributed by atoms with van der Waals surface area (Å²) in [7, 11) is -3.87. The van der Waals surface area contributed by atoms with Gasteiger partial charge in [-0.25, -0.2) is 26.4 Å². The smallest absolute Gasteiger partial charge is 0.281 e. The first-order valence-electron chi connectivity index (χ1n) is 7.30. The molecular weight excluding hydrogens is 371 g/mol. The second-order valence-electron chi connectivity index (χ2n) is 5.93. The summed E-state index contributed by atoms with van der Waals surface area (Å²) in [6, 6.07) is 5.40. The quantitative estimate of drug-likeness (QED) is 0.819. The lowest BCUT2D eigenvalue weighted by Gasteiger charge is -2.15. The Hall–Kier alpha value is -2.57. The summed E-state index contributed by atoms with van der Waals surface area (Å²) >= 11 is 0. The van der Waals surface area contributed by atoms with Crippen LogP contribution in [-0.2, 0) is 16.3 Å². The number of halogens is 3. The van der Waals surface area contributed by atoms with E-state index in [1.54, 1.807) is 0 Å². The van der Waals surface area contributed by atoms with Crippen LogP contribution < -0.4 is 4.74 Å². The third kappa shape index (κ3) is 3.13. The average molecular weight is 383 g/mol. The topological polar surface area (TPSA) is 68.0 Å². The van der Waals surface area contributed by atoms with Crippen molar-refractivity contribution in [1.29, 1.82) is 0 Å². The van der Waals surface area contributed by atoms with Gasteiger partial charge in [-0.3, -0.25) is 0 Å². The van der Waals surface area contributed by atoms with Gasteiger partial charge in [-0.05, 0) is 24.3 Å². The van der Waals surface area contributed by atoms with Crippen LogP contribution in [0.5, 0.6) is 11.5 Å². The van der Waals surface area contributed by atoms with E-state index in [1.807, 2.05) is 0 Å². The zero-order chi connectivity index (χ0) is 19.3. The van der Waals surface area contributed by atoms with E-state index in [0.29, 0.717) is 0 Å². The number of rotatable bonds is 3. The van der Waals surface area contributed by atoms with E-state index in [4.69, 9.17) is 11.3 Å². The van der Waals surface area contributed by atoms with Crippen LogP contribution >= 0.6 is 0 Å². The van der Waals surface area contributed by atoms with Crippen LogP contribution in [0.15, 0.2) is 35.2 Å². The molecular formula is C17H12F3NO4S. The highest BCUT2D eigenvalue weighted by atomic mass is 32.2. The first-order valence-corrected chi connectivity index (χ1v) is 9.19. The molecule has 1 aliphatic carbocycles. The van der Waals surface area contributed by atoms with Crippen molar-refractivity contribution in [1.82, 2.24) is 0 Å². The fourth-order valence-electron chi connectivity index (χ4n) is 2.87. The van der Waals surface area contributed by atoms with Crippen LogP contribution in [0.1, 0.15) is 17.2 Å². The number of ether oxygens (including phenoxy) is 1. The van der Waals surface area contributed by atoms with Crippen molar-refractivity contribution in [3.05, 3.63) is 58.7 Å². The summed E-state index contributed by atoms with van der Waals surface area (Å²) in [4.78, 5) is 2.67. The normalized spacial score (nSPS) is 18.2. The molecule has 0 saturated carbocycles. The molecule has 0 spiro atoms. The lowest BCUT2D eigenvalue weighted by Crippen LogP contribution is -2.22. The van der Waals surface area contributed by atoms with Crippen LogP contribution in [0.2, 0.25) is 0 Å². The van der Waals surface area contributed by atoms with Crippen molar-refractivity contribution in [2.75, 3.05) is 6.26 Å². The number of benzene rings is 2. The van der Waals surface area contributed by atoms with Gasteiger partial charge in [-0.2, -0.15) is 0 Å². The summed E-state index contributed by atoms with van der Waals surface area (Å²) in [5.41, 5.74) is -0.634. The lowest BCUT2D eigenvalue weighted by molar-refractivity contribution is -0.0976. The Labute approximate surface area is 147 Å². The minimum atomic E-state index is -3.87.